The zero-order valence-electron chi connectivity index (χ0n) is 13.1. The highest BCUT2D eigenvalue weighted by molar-refractivity contribution is 6.31. The number of carbonyl (C=O) groups excluding carboxylic acids is 1. The van der Waals surface area contributed by atoms with Crippen molar-refractivity contribution in [2.75, 3.05) is 12.4 Å². The van der Waals surface area contributed by atoms with Crippen molar-refractivity contribution in [1.29, 1.82) is 5.26 Å². The molecule has 0 saturated carbocycles. The molecule has 0 aromatic heterocycles. The predicted molar refractivity (Wildman–Crippen MR) is 86.0 cm³/mol. The second-order valence-corrected chi connectivity index (χ2v) is 4.76. The number of anilines is 1. The van der Waals surface area contributed by atoms with Crippen LogP contribution in [0, 0.1) is 23.0 Å². The van der Waals surface area contributed by atoms with E-state index in [0.717, 1.165) is 18.3 Å². The third kappa shape index (κ3) is 5.00. The van der Waals surface area contributed by atoms with Gasteiger partial charge in [-0.05, 0) is 30.3 Å². The Hall–Kier alpha value is -3.47. The number of carbonyl (C=O) groups is 1. The second kappa shape index (κ2) is 8.40. The van der Waals surface area contributed by atoms with Crippen molar-refractivity contribution < 1.29 is 23.1 Å². The molecule has 0 fully saturated rings. The van der Waals surface area contributed by atoms with Gasteiger partial charge in [0.2, 0.25) is 0 Å². The summed E-state index contributed by atoms with van der Waals surface area (Å²) >= 11 is 0. The third-order valence-electron chi connectivity index (χ3n) is 3.06. The van der Waals surface area contributed by atoms with Crippen LogP contribution in [-0.2, 0) is 16.2 Å². The lowest BCUT2D eigenvalue weighted by molar-refractivity contribution is -0.110. The molecule has 0 spiro atoms. The van der Waals surface area contributed by atoms with Crippen molar-refractivity contribution in [3.63, 3.8) is 0 Å². The first-order valence-electron chi connectivity index (χ1n) is 7.02. The highest BCUT2D eigenvalue weighted by Crippen LogP contribution is 2.20. The number of amides is 1. The van der Waals surface area contributed by atoms with Crippen molar-refractivity contribution in [1.82, 2.24) is 0 Å². The SMILES string of the molecule is COc1ccc(C#N)cc1CON=CC(=O)Nc1ccc(F)cc1F. The standard InChI is InChI=1S/C17H13F2N3O3/c1-24-16-5-2-11(8-20)6-12(16)10-25-21-9-17(23)22-15-4-3-13(18)7-14(15)19/h2-7,9H,10H2,1H3,(H,22,23). The van der Waals surface area contributed by atoms with Crippen LogP contribution in [0.2, 0.25) is 0 Å². The van der Waals surface area contributed by atoms with E-state index in [1.165, 1.54) is 7.11 Å². The molecule has 8 heteroatoms. The predicted octanol–water partition coefficient (Wildman–Crippen LogP) is 2.99. The molecule has 0 aliphatic heterocycles. The lowest BCUT2D eigenvalue weighted by atomic mass is 10.1. The average molecular weight is 345 g/mol. The first-order chi connectivity index (χ1) is 12.0. The van der Waals surface area contributed by atoms with Crippen LogP contribution in [0.1, 0.15) is 11.1 Å². The van der Waals surface area contributed by atoms with Gasteiger partial charge < -0.3 is 14.9 Å². The van der Waals surface area contributed by atoms with Crippen LogP contribution in [0.5, 0.6) is 5.75 Å². The summed E-state index contributed by atoms with van der Waals surface area (Å²) in [6.07, 6.45) is 0.809. The van der Waals surface area contributed by atoms with Crippen LogP contribution in [0.3, 0.4) is 0 Å². The van der Waals surface area contributed by atoms with E-state index in [4.69, 9.17) is 14.8 Å². The maximum atomic E-state index is 13.4. The number of nitrogens with one attached hydrogen (secondary N) is 1. The number of ether oxygens (including phenoxy) is 1. The minimum atomic E-state index is -0.902. The first-order valence-corrected chi connectivity index (χ1v) is 7.02. The molecule has 0 atom stereocenters. The number of hydrogen-bond acceptors (Lipinski definition) is 5. The molecule has 0 heterocycles. The molecule has 0 saturated heterocycles. The van der Waals surface area contributed by atoms with Crippen molar-refractivity contribution >= 4 is 17.8 Å². The zero-order valence-corrected chi connectivity index (χ0v) is 13.1. The molecule has 0 aliphatic rings. The number of halogens is 2. The molecule has 0 aliphatic carbocycles. The van der Waals surface area contributed by atoms with Crippen molar-refractivity contribution in [3.8, 4) is 11.8 Å². The number of oxime groups is 1. The Morgan fingerprint density at radius 3 is 2.80 bits per heavy atom. The Morgan fingerprint density at radius 1 is 1.32 bits per heavy atom. The monoisotopic (exact) mass is 345 g/mol. The number of hydrogen-bond donors (Lipinski definition) is 1. The molecule has 6 nitrogen and oxygen atoms in total. The van der Waals surface area contributed by atoms with Gasteiger partial charge >= 0.3 is 0 Å². The Labute approximate surface area is 142 Å². The quantitative estimate of drug-likeness (QED) is 0.644. The summed E-state index contributed by atoms with van der Waals surface area (Å²) in [5.74, 6) is -1.89. The van der Waals surface area contributed by atoms with Gasteiger partial charge in [-0.25, -0.2) is 8.78 Å². The number of nitriles is 1. The van der Waals surface area contributed by atoms with Gasteiger partial charge in [0, 0.05) is 11.6 Å². The Balaban J connectivity index is 1.93. The lowest BCUT2D eigenvalue weighted by Crippen LogP contribution is -2.14. The molecular formula is C17H13F2N3O3. The Morgan fingerprint density at radius 2 is 2.12 bits per heavy atom. The molecule has 128 valence electrons. The first kappa shape index (κ1) is 17.9. The summed E-state index contributed by atoms with van der Waals surface area (Å²) in [5.41, 5.74) is 0.817. The van der Waals surface area contributed by atoms with Gasteiger partial charge in [-0.3, -0.25) is 4.79 Å². The van der Waals surface area contributed by atoms with Crippen LogP contribution in [-0.4, -0.2) is 19.2 Å². The Kier molecular flexibility index (Phi) is 6.01. The topological polar surface area (TPSA) is 83.7 Å². The fraction of sp³-hybridized carbons (Fsp3) is 0.118. The van der Waals surface area contributed by atoms with Gasteiger partial charge in [-0.1, -0.05) is 5.16 Å². The van der Waals surface area contributed by atoms with E-state index in [1.54, 1.807) is 18.2 Å². The van der Waals surface area contributed by atoms with E-state index in [-0.39, 0.29) is 12.3 Å². The van der Waals surface area contributed by atoms with E-state index in [2.05, 4.69) is 10.5 Å². The average Bonchev–Trinajstić information content (AvgIpc) is 2.61. The Bertz CT molecular complexity index is 848. The summed E-state index contributed by atoms with van der Waals surface area (Å²) in [5, 5.41) is 14.5. The maximum Gasteiger partial charge on any atom is 0.270 e. The number of nitrogens with zero attached hydrogens (tertiary/aromatic N) is 2. The fourth-order valence-electron chi connectivity index (χ4n) is 1.91. The molecular weight excluding hydrogens is 332 g/mol. The third-order valence-corrected chi connectivity index (χ3v) is 3.06. The molecule has 0 radical (unpaired) electrons. The van der Waals surface area contributed by atoms with Gasteiger partial charge in [0.1, 0.15) is 30.2 Å². The van der Waals surface area contributed by atoms with Gasteiger partial charge in [0.05, 0.1) is 24.4 Å². The molecule has 0 unspecified atom stereocenters. The molecule has 1 amide bonds. The van der Waals surface area contributed by atoms with Crippen LogP contribution in [0.4, 0.5) is 14.5 Å². The van der Waals surface area contributed by atoms with Crippen molar-refractivity contribution in [3.05, 3.63) is 59.2 Å². The molecule has 25 heavy (non-hydrogen) atoms. The highest BCUT2D eigenvalue weighted by atomic mass is 19.1. The summed E-state index contributed by atoms with van der Waals surface area (Å²) in [7, 11) is 1.47. The van der Waals surface area contributed by atoms with E-state index in [1.807, 2.05) is 6.07 Å². The van der Waals surface area contributed by atoms with Crippen LogP contribution in [0.15, 0.2) is 41.6 Å². The van der Waals surface area contributed by atoms with Crippen molar-refractivity contribution in [2.24, 2.45) is 5.16 Å². The summed E-state index contributed by atoms with van der Waals surface area (Å²) in [4.78, 5) is 16.6. The second-order valence-electron chi connectivity index (χ2n) is 4.76. The van der Waals surface area contributed by atoms with Gasteiger partial charge in [0.25, 0.3) is 5.91 Å². The number of benzene rings is 2. The normalized spacial score (nSPS) is 10.3. The molecule has 1 N–H and O–H groups in total. The van der Waals surface area contributed by atoms with Gasteiger partial charge in [0.15, 0.2) is 0 Å². The van der Waals surface area contributed by atoms with Gasteiger partial charge in [-0.15, -0.1) is 0 Å². The number of rotatable bonds is 6. The van der Waals surface area contributed by atoms with Crippen molar-refractivity contribution in [2.45, 2.75) is 6.61 Å². The largest absolute Gasteiger partial charge is 0.496 e. The highest BCUT2D eigenvalue weighted by Gasteiger charge is 2.07. The zero-order chi connectivity index (χ0) is 18.2. The minimum Gasteiger partial charge on any atom is -0.496 e. The smallest absolute Gasteiger partial charge is 0.270 e. The summed E-state index contributed by atoms with van der Waals surface area (Å²) < 4.78 is 31.3. The van der Waals surface area contributed by atoms with Crippen LogP contribution >= 0.6 is 0 Å². The van der Waals surface area contributed by atoms with Crippen LogP contribution in [0.25, 0.3) is 0 Å². The number of methoxy groups -OCH3 is 1. The molecule has 2 rings (SSSR count). The maximum absolute atomic E-state index is 13.4. The molecule has 2 aromatic rings. The fourth-order valence-corrected chi connectivity index (χ4v) is 1.91. The molecule has 0 bridgehead atoms. The van der Waals surface area contributed by atoms with E-state index in [9.17, 15) is 13.6 Å². The van der Waals surface area contributed by atoms with E-state index >= 15 is 0 Å². The lowest BCUT2D eigenvalue weighted by Gasteiger charge is -2.07. The van der Waals surface area contributed by atoms with Crippen LogP contribution < -0.4 is 10.1 Å². The summed E-state index contributed by atoms with van der Waals surface area (Å²) in [6, 6.07) is 9.53. The van der Waals surface area contributed by atoms with Gasteiger partial charge in [-0.2, -0.15) is 5.26 Å². The van der Waals surface area contributed by atoms with E-state index < -0.39 is 17.5 Å². The minimum absolute atomic E-state index is 0.0343. The van der Waals surface area contributed by atoms with E-state index in [0.29, 0.717) is 22.9 Å². The summed E-state index contributed by atoms with van der Waals surface area (Å²) in [6.45, 7) is -0.0343. The molecule has 2 aromatic carbocycles.